The average molecular weight is 329 g/mol. The normalized spacial score (nSPS) is 11.2. The van der Waals surface area contributed by atoms with E-state index in [4.69, 9.17) is 16.3 Å². The van der Waals surface area contributed by atoms with Crippen LogP contribution in [0.5, 0.6) is 5.75 Å². The molecule has 1 aromatic rings. The van der Waals surface area contributed by atoms with Crippen molar-refractivity contribution in [3.8, 4) is 5.75 Å². The van der Waals surface area contributed by atoms with Crippen LogP contribution in [0.25, 0.3) is 0 Å². The van der Waals surface area contributed by atoms with Crippen LogP contribution in [0.3, 0.4) is 0 Å². The van der Waals surface area contributed by atoms with Crippen molar-refractivity contribution in [2.45, 2.75) is 32.8 Å². The molecule has 0 aliphatic carbocycles. The van der Waals surface area contributed by atoms with Crippen LogP contribution in [0.2, 0.25) is 5.02 Å². The summed E-state index contributed by atoms with van der Waals surface area (Å²) in [6.45, 7) is 6.56. The second-order valence-electron chi connectivity index (χ2n) is 5.84. The van der Waals surface area contributed by atoms with E-state index in [0.717, 1.165) is 11.3 Å². The van der Waals surface area contributed by atoms with Gasteiger partial charge < -0.3 is 20.1 Å². The highest BCUT2D eigenvalue weighted by atomic mass is 35.5. The van der Waals surface area contributed by atoms with Gasteiger partial charge in [0.05, 0.1) is 18.8 Å². The minimum absolute atomic E-state index is 0.220. The van der Waals surface area contributed by atoms with Gasteiger partial charge in [0.1, 0.15) is 5.75 Å². The second-order valence-corrected chi connectivity index (χ2v) is 6.27. The number of nitrogens with one attached hydrogen (secondary N) is 1. The van der Waals surface area contributed by atoms with Crippen molar-refractivity contribution in [1.29, 1.82) is 0 Å². The van der Waals surface area contributed by atoms with Gasteiger partial charge in [0.25, 0.3) is 0 Å². The fourth-order valence-electron chi connectivity index (χ4n) is 2.13. The molecular formula is C16H25ClN2O3. The number of hydrogen-bond acceptors (Lipinski definition) is 3. The standard InChI is InChI=1S/C16H25ClN2O3/c1-5-22-14-7-6-13(17)10-12(14)8-9-18-15(20)19(4)11-16(2,3)21/h6-7,10,21H,5,8-9,11H2,1-4H3,(H,18,20). The third kappa shape index (κ3) is 6.54. The van der Waals surface area contributed by atoms with Gasteiger partial charge in [-0.3, -0.25) is 0 Å². The third-order valence-corrected chi connectivity index (χ3v) is 3.20. The zero-order valence-corrected chi connectivity index (χ0v) is 14.4. The van der Waals surface area contributed by atoms with Crippen molar-refractivity contribution >= 4 is 17.6 Å². The summed E-state index contributed by atoms with van der Waals surface area (Å²) in [4.78, 5) is 13.4. The molecule has 0 bridgehead atoms. The third-order valence-electron chi connectivity index (χ3n) is 2.96. The van der Waals surface area contributed by atoms with E-state index in [1.54, 1.807) is 27.0 Å². The highest BCUT2D eigenvalue weighted by Crippen LogP contribution is 2.23. The van der Waals surface area contributed by atoms with Crippen molar-refractivity contribution in [3.05, 3.63) is 28.8 Å². The van der Waals surface area contributed by atoms with E-state index in [9.17, 15) is 9.90 Å². The summed E-state index contributed by atoms with van der Waals surface area (Å²) in [6.07, 6.45) is 0.623. The predicted molar refractivity (Wildman–Crippen MR) is 88.7 cm³/mol. The van der Waals surface area contributed by atoms with Crippen molar-refractivity contribution in [2.75, 3.05) is 26.7 Å². The molecule has 0 radical (unpaired) electrons. The highest BCUT2D eigenvalue weighted by Gasteiger charge is 2.19. The molecule has 2 N–H and O–H groups in total. The monoisotopic (exact) mass is 328 g/mol. The Morgan fingerprint density at radius 3 is 2.73 bits per heavy atom. The summed E-state index contributed by atoms with van der Waals surface area (Å²) >= 11 is 6.00. The van der Waals surface area contributed by atoms with Crippen LogP contribution in [-0.2, 0) is 6.42 Å². The lowest BCUT2D eigenvalue weighted by atomic mass is 10.1. The van der Waals surface area contributed by atoms with Gasteiger partial charge in [-0.1, -0.05) is 11.6 Å². The summed E-state index contributed by atoms with van der Waals surface area (Å²) in [5, 5.41) is 13.2. The molecular weight excluding hydrogens is 304 g/mol. The first kappa shape index (κ1) is 18.6. The minimum atomic E-state index is -0.915. The number of carbonyl (C=O) groups excluding carboxylic acids is 1. The largest absolute Gasteiger partial charge is 0.494 e. The maximum Gasteiger partial charge on any atom is 0.317 e. The Bertz CT molecular complexity index is 501. The van der Waals surface area contributed by atoms with Gasteiger partial charge in [-0.2, -0.15) is 0 Å². The van der Waals surface area contributed by atoms with E-state index in [-0.39, 0.29) is 12.6 Å². The Hall–Kier alpha value is -1.46. The topological polar surface area (TPSA) is 61.8 Å². The Morgan fingerprint density at radius 1 is 1.45 bits per heavy atom. The molecule has 0 fully saturated rings. The van der Waals surface area contributed by atoms with Gasteiger partial charge in [0, 0.05) is 18.6 Å². The van der Waals surface area contributed by atoms with E-state index in [2.05, 4.69) is 5.32 Å². The van der Waals surface area contributed by atoms with Crippen LogP contribution in [0, 0.1) is 0 Å². The number of urea groups is 1. The van der Waals surface area contributed by atoms with Gasteiger partial charge in [0.15, 0.2) is 0 Å². The summed E-state index contributed by atoms with van der Waals surface area (Å²) in [5.74, 6) is 0.783. The second kappa shape index (κ2) is 8.25. The smallest absolute Gasteiger partial charge is 0.317 e. The number of ether oxygens (including phenoxy) is 1. The highest BCUT2D eigenvalue weighted by molar-refractivity contribution is 6.30. The molecule has 0 atom stereocenters. The fraction of sp³-hybridized carbons (Fsp3) is 0.562. The van der Waals surface area contributed by atoms with Crippen LogP contribution in [0.4, 0.5) is 4.79 Å². The number of aliphatic hydroxyl groups is 1. The van der Waals surface area contributed by atoms with Crippen LogP contribution < -0.4 is 10.1 Å². The van der Waals surface area contributed by atoms with Gasteiger partial charge in [0.2, 0.25) is 0 Å². The first-order chi connectivity index (χ1) is 10.2. The van der Waals surface area contributed by atoms with E-state index >= 15 is 0 Å². The average Bonchev–Trinajstić information content (AvgIpc) is 2.39. The molecule has 0 saturated heterocycles. The van der Waals surface area contributed by atoms with E-state index < -0.39 is 5.60 Å². The molecule has 0 saturated carbocycles. The molecule has 0 heterocycles. The molecule has 22 heavy (non-hydrogen) atoms. The number of nitrogens with zero attached hydrogens (tertiary/aromatic N) is 1. The number of likely N-dealkylation sites (N-methyl/N-ethyl adjacent to an activating group) is 1. The SMILES string of the molecule is CCOc1ccc(Cl)cc1CCNC(=O)N(C)CC(C)(C)O. The number of halogens is 1. The van der Waals surface area contributed by atoms with Crippen molar-refractivity contribution in [3.63, 3.8) is 0 Å². The number of carbonyl (C=O) groups is 1. The number of hydrogen-bond donors (Lipinski definition) is 2. The van der Waals surface area contributed by atoms with Gasteiger partial charge >= 0.3 is 6.03 Å². The molecule has 124 valence electrons. The number of amides is 2. The molecule has 0 aliphatic rings. The summed E-state index contributed by atoms with van der Waals surface area (Å²) < 4.78 is 5.55. The van der Waals surface area contributed by atoms with Crippen LogP contribution in [0.1, 0.15) is 26.3 Å². The molecule has 0 spiro atoms. The zero-order chi connectivity index (χ0) is 16.8. The zero-order valence-electron chi connectivity index (χ0n) is 13.6. The Balaban J connectivity index is 2.53. The quantitative estimate of drug-likeness (QED) is 0.809. The van der Waals surface area contributed by atoms with Gasteiger partial charge in [-0.25, -0.2) is 4.79 Å². The molecule has 0 unspecified atom stereocenters. The molecule has 5 nitrogen and oxygen atoms in total. The lowest BCUT2D eigenvalue weighted by Crippen LogP contribution is -2.45. The first-order valence-electron chi connectivity index (χ1n) is 7.35. The van der Waals surface area contributed by atoms with Crippen molar-refractivity contribution in [1.82, 2.24) is 10.2 Å². The minimum Gasteiger partial charge on any atom is -0.494 e. The number of benzene rings is 1. The van der Waals surface area contributed by atoms with Crippen LogP contribution in [-0.4, -0.2) is 48.4 Å². The molecule has 0 aliphatic heterocycles. The summed E-state index contributed by atoms with van der Waals surface area (Å²) in [6, 6.07) is 5.25. The van der Waals surface area contributed by atoms with E-state index in [1.165, 1.54) is 4.90 Å². The lowest BCUT2D eigenvalue weighted by molar-refractivity contribution is 0.0532. The van der Waals surface area contributed by atoms with Crippen molar-refractivity contribution < 1.29 is 14.6 Å². The van der Waals surface area contributed by atoms with Gasteiger partial charge in [-0.05, 0) is 51.0 Å². The van der Waals surface area contributed by atoms with Crippen molar-refractivity contribution in [2.24, 2.45) is 0 Å². The summed E-state index contributed by atoms with van der Waals surface area (Å²) in [7, 11) is 1.65. The predicted octanol–water partition coefficient (Wildman–Crippen LogP) is 2.69. The fourth-order valence-corrected chi connectivity index (χ4v) is 2.33. The molecule has 2 amide bonds. The maximum absolute atomic E-state index is 11.9. The molecule has 1 aromatic carbocycles. The maximum atomic E-state index is 11.9. The Labute approximate surface area is 137 Å². The molecule has 6 heteroatoms. The Morgan fingerprint density at radius 2 is 2.14 bits per heavy atom. The Kier molecular flexibility index (Phi) is 6.97. The molecule has 1 rings (SSSR count). The van der Waals surface area contributed by atoms with Gasteiger partial charge in [-0.15, -0.1) is 0 Å². The van der Waals surface area contributed by atoms with E-state index in [0.29, 0.717) is 24.6 Å². The van der Waals surface area contributed by atoms with Crippen LogP contribution >= 0.6 is 11.6 Å². The van der Waals surface area contributed by atoms with Crippen LogP contribution in [0.15, 0.2) is 18.2 Å². The summed E-state index contributed by atoms with van der Waals surface area (Å²) in [5.41, 5.74) is 0.0426. The first-order valence-corrected chi connectivity index (χ1v) is 7.73. The van der Waals surface area contributed by atoms with E-state index in [1.807, 2.05) is 19.1 Å². The lowest BCUT2D eigenvalue weighted by Gasteiger charge is -2.25. The molecule has 0 aromatic heterocycles. The number of rotatable bonds is 7.